The maximum absolute atomic E-state index is 12.6. The van der Waals surface area contributed by atoms with Crippen molar-refractivity contribution in [1.29, 1.82) is 0 Å². The smallest absolute Gasteiger partial charge is 0.250 e. The Morgan fingerprint density at radius 3 is 2.44 bits per heavy atom. The van der Waals surface area contributed by atoms with Gasteiger partial charge in [0.1, 0.15) is 5.75 Å². The molecular formula is C28H28ClN5O4S. The fourth-order valence-electron chi connectivity index (χ4n) is 3.62. The zero-order chi connectivity index (χ0) is 27.6. The number of benzene rings is 3. The Hall–Kier alpha value is -4.02. The molecule has 4 aromatic rings. The van der Waals surface area contributed by atoms with E-state index in [-0.39, 0.29) is 11.7 Å². The average Bonchev–Trinajstić information content (AvgIpc) is 3.37. The van der Waals surface area contributed by atoms with Gasteiger partial charge in [-0.25, -0.2) is 5.43 Å². The lowest BCUT2D eigenvalue weighted by molar-refractivity contribution is -0.118. The summed E-state index contributed by atoms with van der Waals surface area (Å²) >= 11 is 7.33. The highest BCUT2D eigenvalue weighted by Crippen LogP contribution is 2.30. The van der Waals surface area contributed by atoms with Crippen molar-refractivity contribution >= 4 is 35.5 Å². The molecule has 0 aliphatic carbocycles. The van der Waals surface area contributed by atoms with Crippen LogP contribution in [0.25, 0.3) is 17.1 Å². The number of thioether (sulfide) groups is 1. The lowest BCUT2D eigenvalue weighted by Crippen LogP contribution is -2.20. The van der Waals surface area contributed by atoms with Crippen molar-refractivity contribution in [2.75, 3.05) is 26.1 Å². The first-order valence-electron chi connectivity index (χ1n) is 12.2. The minimum atomic E-state index is -0.288. The molecule has 1 aromatic heterocycles. The maximum atomic E-state index is 12.6. The van der Waals surface area contributed by atoms with E-state index >= 15 is 0 Å². The minimum Gasteiger partial charge on any atom is -0.494 e. The number of carbonyl (C=O) groups excluding carboxylic acids is 1. The number of nitrogens with one attached hydrogen (secondary N) is 1. The second kappa shape index (κ2) is 13.7. The number of hydrogen-bond acceptors (Lipinski definition) is 8. The number of halogens is 1. The summed E-state index contributed by atoms with van der Waals surface area (Å²) in [5.41, 5.74) is 4.98. The number of carbonyl (C=O) groups is 1. The predicted octanol–water partition coefficient (Wildman–Crippen LogP) is 5.64. The van der Waals surface area contributed by atoms with Crippen LogP contribution in [0.15, 0.2) is 77.0 Å². The summed E-state index contributed by atoms with van der Waals surface area (Å²) in [6.07, 6.45) is 1.54. The summed E-state index contributed by atoms with van der Waals surface area (Å²) < 4.78 is 18.3. The van der Waals surface area contributed by atoms with Crippen LogP contribution >= 0.6 is 23.4 Å². The van der Waals surface area contributed by atoms with Crippen LogP contribution in [-0.4, -0.2) is 53.0 Å². The SMILES string of the molecule is CCOc1ccc(-n2c(SCC(=O)N/N=C/c3ccc(OCC)c(OC)c3)nnc2-c2ccc(Cl)cc2)cc1. The molecule has 0 aliphatic heterocycles. The van der Waals surface area contributed by atoms with Crippen LogP contribution in [0.4, 0.5) is 0 Å². The van der Waals surface area contributed by atoms with Crippen molar-refractivity contribution in [2.24, 2.45) is 5.10 Å². The molecule has 39 heavy (non-hydrogen) atoms. The molecule has 0 saturated heterocycles. The van der Waals surface area contributed by atoms with Gasteiger partial charge >= 0.3 is 0 Å². The topological polar surface area (TPSA) is 99.9 Å². The third kappa shape index (κ3) is 7.30. The van der Waals surface area contributed by atoms with Gasteiger partial charge in [-0.2, -0.15) is 5.10 Å². The van der Waals surface area contributed by atoms with Gasteiger partial charge in [-0.3, -0.25) is 9.36 Å². The Labute approximate surface area is 236 Å². The van der Waals surface area contributed by atoms with E-state index in [2.05, 4.69) is 20.7 Å². The van der Waals surface area contributed by atoms with Crippen molar-refractivity contribution in [1.82, 2.24) is 20.2 Å². The Balaban J connectivity index is 1.48. The number of rotatable bonds is 12. The Morgan fingerprint density at radius 2 is 1.74 bits per heavy atom. The second-order valence-corrected chi connectivity index (χ2v) is 9.38. The van der Waals surface area contributed by atoms with E-state index < -0.39 is 0 Å². The highest BCUT2D eigenvalue weighted by Gasteiger charge is 2.17. The van der Waals surface area contributed by atoms with Gasteiger partial charge in [0.05, 0.1) is 32.3 Å². The quantitative estimate of drug-likeness (QED) is 0.135. The molecule has 0 saturated carbocycles. The molecule has 11 heteroatoms. The number of amides is 1. The molecule has 0 bridgehead atoms. The predicted molar refractivity (Wildman–Crippen MR) is 154 cm³/mol. The lowest BCUT2D eigenvalue weighted by Gasteiger charge is -2.11. The van der Waals surface area contributed by atoms with Crippen LogP contribution < -0.4 is 19.6 Å². The fourth-order valence-corrected chi connectivity index (χ4v) is 4.49. The first-order chi connectivity index (χ1) is 19.0. The fraction of sp³-hybridized carbons (Fsp3) is 0.214. The molecule has 1 amide bonds. The van der Waals surface area contributed by atoms with Gasteiger partial charge < -0.3 is 14.2 Å². The van der Waals surface area contributed by atoms with Crippen LogP contribution in [0, 0.1) is 0 Å². The van der Waals surface area contributed by atoms with Gasteiger partial charge in [-0.05, 0) is 86.1 Å². The van der Waals surface area contributed by atoms with Crippen molar-refractivity contribution in [2.45, 2.75) is 19.0 Å². The van der Waals surface area contributed by atoms with Crippen LogP contribution in [0.1, 0.15) is 19.4 Å². The van der Waals surface area contributed by atoms with Gasteiger partial charge in [-0.15, -0.1) is 10.2 Å². The molecule has 1 heterocycles. The average molecular weight is 566 g/mol. The first-order valence-corrected chi connectivity index (χ1v) is 13.6. The maximum Gasteiger partial charge on any atom is 0.250 e. The van der Waals surface area contributed by atoms with Crippen LogP contribution in [0.3, 0.4) is 0 Å². The van der Waals surface area contributed by atoms with Crippen molar-refractivity contribution in [3.63, 3.8) is 0 Å². The molecule has 0 fully saturated rings. The molecule has 1 N–H and O–H groups in total. The number of methoxy groups -OCH3 is 1. The van der Waals surface area contributed by atoms with E-state index in [9.17, 15) is 4.79 Å². The normalized spacial score (nSPS) is 11.0. The van der Waals surface area contributed by atoms with Gasteiger partial charge in [0.2, 0.25) is 0 Å². The Morgan fingerprint density at radius 1 is 1.00 bits per heavy atom. The molecule has 202 valence electrons. The van der Waals surface area contributed by atoms with E-state index in [0.717, 1.165) is 22.6 Å². The molecule has 0 spiro atoms. The largest absolute Gasteiger partial charge is 0.494 e. The van der Waals surface area contributed by atoms with Gasteiger partial charge in [0.15, 0.2) is 22.5 Å². The molecule has 0 radical (unpaired) electrons. The number of hydrazone groups is 1. The molecule has 0 aliphatic rings. The molecule has 9 nitrogen and oxygen atoms in total. The third-order valence-electron chi connectivity index (χ3n) is 5.36. The molecule has 0 unspecified atom stereocenters. The molecule has 4 rings (SSSR count). The summed E-state index contributed by atoms with van der Waals surface area (Å²) in [5.74, 6) is 2.42. The number of hydrogen-bond donors (Lipinski definition) is 1. The minimum absolute atomic E-state index is 0.0831. The van der Waals surface area contributed by atoms with Crippen molar-refractivity contribution in [3.8, 4) is 34.3 Å². The van der Waals surface area contributed by atoms with E-state index in [1.165, 1.54) is 11.8 Å². The molecule has 0 atom stereocenters. The molecule has 3 aromatic carbocycles. The first kappa shape index (κ1) is 28.0. The Kier molecular flexibility index (Phi) is 9.82. The summed E-state index contributed by atoms with van der Waals surface area (Å²) in [4.78, 5) is 12.6. The Bertz CT molecular complexity index is 1430. The molecular weight excluding hydrogens is 538 g/mol. The van der Waals surface area contributed by atoms with Gasteiger partial charge in [-0.1, -0.05) is 23.4 Å². The highest BCUT2D eigenvalue weighted by atomic mass is 35.5. The van der Waals surface area contributed by atoms with Crippen LogP contribution in [-0.2, 0) is 4.79 Å². The number of ether oxygens (including phenoxy) is 3. The summed E-state index contributed by atoms with van der Waals surface area (Å²) in [6, 6.07) is 20.4. The number of aromatic nitrogens is 3. The van der Waals surface area contributed by atoms with Gasteiger partial charge in [0.25, 0.3) is 5.91 Å². The van der Waals surface area contributed by atoms with E-state index in [4.69, 9.17) is 25.8 Å². The summed E-state index contributed by atoms with van der Waals surface area (Å²) in [7, 11) is 1.57. The van der Waals surface area contributed by atoms with E-state index in [1.54, 1.807) is 37.6 Å². The summed E-state index contributed by atoms with van der Waals surface area (Å²) in [5, 5.41) is 14.0. The summed E-state index contributed by atoms with van der Waals surface area (Å²) in [6.45, 7) is 4.95. The number of nitrogens with zero attached hydrogens (tertiary/aromatic N) is 4. The standard InChI is InChI=1S/C28H28ClN5O4S/c1-4-37-23-13-11-22(12-14-23)34-27(20-7-9-21(29)10-8-20)32-33-28(34)39-18-26(35)31-30-17-19-6-15-24(38-5-2)25(16-19)36-3/h6-17H,4-5,18H2,1-3H3,(H,31,35)/b30-17+. The van der Waals surface area contributed by atoms with Crippen LogP contribution in [0.2, 0.25) is 5.02 Å². The van der Waals surface area contributed by atoms with Crippen molar-refractivity contribution in [3.05, 3.63) is 77.3 Å². The van der Waals surface area contributed by atoms with E-state index in [0.29, 0.717) is 40.7 Å². The van der Waals surface area contributed by atoms with Crippen LogP contribution in [0.5, 0.6) is 17.2 Å². The lowest BCUT2D eigenvalue weighted by atomic mass is 10.2. The van der Waals surface area contributed by atoms with E-state index in [1.807, 2.05) is 60.9 Å². The highest BCUT2D eigenvalue weighted by molar-refractivity contribution is 7.99. The van der Waals surface area contributed by atoms with Crippen molar-refractivity contribution < 1.29 is 19.0 Å². The zero-order valence-electron chi connectivity index (χ0n) is 21.8. The zero-order valence-corrected chi connectivity index (χ0v) is 23.3. The third-order valence-corrected chi connectivity index (χ3v) is 6.55. The van der Waals surface area contributed by atoms with Gasteiger partial charge in [0, 0.05) is 16.3 Å². The second-order valence-electron chi connectivity index (χ2n) is 8.00. The monoisotopic (exact) mass is 565 g/mol.